The van der Waals surface area contributed by atoms with Crippen LogP contribution in [0.1, 0.15) is 5.69 Å². The lowest BCUT2D eigenvalue weighted by Crippen LogP contribution is -2.43. The third kappa shape index (κ3) is 3.55. The van der Waals surface area contributed by atoms with Crippen molar-refractivity contribution in [1.29, 1.82) is 0 Å². The molecule has 3 aromatic rings. The molecule has 0 N–H and O–H groups in total. The Balaban J connectivity index is 1.37. The van der Waals surface area contributed by atoms with E-state index in [1.54, 1.807) is 12.5 Å². The normalized spacial score (nSPS) is 18.8. The van der Waals surface area contributed by atoms with Crippen LogP contribution in [-0.4, -0.2) is 45.5 Å². The number of hydrogen-bond acceptors (Lipinski definition) is 5. The van der Waals surface area contributed by atoms with E-state index < -0.39 is 0 Å². The Labute approximate surface area is 140 Å². The van der Waals surface area contributed by atoms with Crippen LogP contribution in [0.3, 0.4) is 0 Å². The summed E-state index contributed by atoms with van der Waals surface area (Å²) >= 11 is 0. The van der Waals surface area contributed by atoms with Gasteiger partial charge in [0, 0.05) is 37.6 Å². The van der Waals surface area contributed by atoms with E-state index in [4.69, 9.17) is 9.15 Å². The van der Waals surface area contributed by atoms with E-state index >= 15 is 0 Å². The van der Waals surface area contributed by atoms with E-state index in [-0.39, 0.29) is 6.10 Å². The van der Waals surface area contributed by atoms with Crippen molar-refractivity contribution in [3.8, 4) is 11.5 Å². The van der Waals surface area contributed by atoms with Crippen molar-refractivity contribution >= 4 is 0 Å². The summed E-state index contributed by atoms with van der Waals surface area (Å²) in [6.45, 7) is 4.05. The van der Waals surface area contributed by atoms with E-state index in [1.165, 1.54) is 0 Å². The summed E-state index contributed by atoms with van der Waals surface area (Å²) in [6, 6.07) is 11.9. The van der Waals surface area contributed by atoms with Gasteiger partial charge in [-0.15, -0.1) is 0 Å². The van der Waals surface area contributed by atoms with Crippen LogP contribution in [0.15, 0.2) is 59.5 Å². The third-order valence-electron chi connectivity index (χ3n) is 4.13. The second kappa shape index (κ2) is 6.98. The zero-order valence-electron chi connectivity index (χ0n) is 13.4. The van der Waals surface area contributed by atoms with Gasteiger partial charge in [-0.3, -0.25) is 9.58 Å². The van der Waals surface area contributed by atoms with Gasteiger partial charge >= 0.3 is 0 Å². The molecule has 0 spiro atoms. The molecule has 0 unspecified atom stereocenters. The molecule has 0 bridgehead atoms. The molecular formula is C18H20N4O2. The number of nitrogens with zero attached hydrogens (tertiary/aromatic N) is 4. The average Bonchev–Trinajstić information content (AvgIpc) is 3.28. The minimum atomic E-state index is 0.152. The predicted molar refractivity (Wildman–Crippen MR) is 89.2 cm³/mol. The highest BCUT2D eigenvalue weighted by atomic mass is 16.5. The Kier molecular flexibility index (Phi) is 4.40. The highest BCUT2D eigenvalue weighted by Crippen LogP contribution is 2.19. The standard InChI is InChI=1S/C18H20N4O2/c1-2-5-15(6-3-1)18-20-16(14-24-18)11-21-9-10-23-17(12-21)13-22-8-4-7-19-22/h1-8,14,17H,9-13H2/t17-/m1/s1. The molecule has 0 radical (unpaired) electrons. The fraction of sp³-hybridized carbons (Fsp3) is 0.333. The molecule has 3 heterocycles. The molecular weight excluding hydrogens is 304 g/mol. The Morgan fingerprint density at radius 2 is 2.08 bits per heavy atom. The maximum absolute atomic E-state index is 5.85. The van der Waals surface area contributed by atoms with Crippen LogP contribution >= 0.6 is 0 Å². The summed E-state index contributed by atoms with van der Waals surface area (Å²) in [6.07, 6.45) is 5.66. The molecule has 2 aromatic heterocycles. The maximum atomic E-state index is 5.85. The second-order valence-electron chi connectivity index (χ2n) is 5.97. The van der Waals surface area contributed by atoms with Crippen molar-refractivity contribution in [3.63, 3.8) is 0 Å². The van der Waals surface area contributed by atoms with Crippen molar-refractivity contribution in [2.45, 2.75) is 19.2 Å². The molecule has 124 valence electrons. The number of aromatic nitrogens is 3. The number of hydrogen-bond donors (Lipinski definition) is 0. The van der Waals surface area contributed by atoms with Gasteiger partial charge in [-0.25, -0.2) is 4.98 Å². The first-order valence-corrected chi connectivity index (χ1v) is 8.18. The molecule has 1 aromatic carbocycles. The SMILES string of the molecule is c1ccc(-c2nc(CN3CCO[C@@H](Cn4cccn4)C3)co2)cc1. The van der Waals surface area contributed by atoms with Gasteiger partial charge in [0.15, 0.2) is 0 Å². The van der Waals surface area contributed by atoms with Gasteiger partial charge in [0.2, 0.25) is 5.89 Å². The quantitative estimate of drug-likeness (QED) is 0.721. The molecule has 6 heteroatoms. The topological polar surface area (TPSA) is 56.3 Å². The number of oxazole rings is 1. The fourth-order valence-electron chi connectivity index (χ4n) is 2.97. The summed E-state index contributed by atoms with van der Waals surface area (Å²) < 4.78 is 13.4. The number of ether oxygens (including phenoxy) is 1. The highest BCUT2D eigenvalue weighted by Gasteiger charge is 2.22. The monoisotopic (exact) mass is 324 g/mol. The molecule has 1 fully saturated rings. The molecule has 0 amide bonds. The van der Waals surface area contributed by atoms with Crippen molar-refractivity contribution in [1.82, 2.24) is 19.7 Å². The lowest BCUT2D eigenvalue weighted by atomic mass is 10.2. The van der Waals surface area contributed by atoms with Gasteiger partial charge < -0.3 is 9.15 Å². The van der Waals surface area contributed by atoms with E-state index in [2.05, 4.69) is 15.0 Å². The van der Waals surface area contributed by atoms with Gasteiger partial charge in [-0.1, -0.05) is 18.2 Å². The summed E-state index contributed by atoms with van der Waals surface area (Å²) in [5, 5.41) is 4.25. The van der Waals surface area contributed by atoms with Gasteiger partial charge in [-0.05, 0) is 18.2 Å². The van der Waals surface area contributed by atoms with Gasteiger partial charge in [-0.2, -0.15) is 5.10 Å². The van der Waals surface area contributed by atoms with Crippen LogP contribution < -0.4 is 0 Å². The van der Waals surface area contributed by atoms with Crippen LogP contribution in [0.4, 0.5) is 0 Å². The lowest BCUT2D eigenvalue weighted by molar-refractivity contribution is -0.0405. The third-order valence-corrected chi connectivity index (χ3v) is 4.13. The van der Waals surface area contributed by atoms with E-state index in [1.807, 2.05) is 47.3 Å². The molecule has 24 heavy (non-hydrogen) atoms. The first kappa shape index (κ1) is 15.1. The van der Waals surface area contributed by atoms with Crippen molar-refractivity contribution in [2.24, 2.45) is 0 Å². The molecule has 0 aliphatic carbocycles. The Bertz CT molecular complexity index is 754. The maximum Gasteiger partial charge on any atom is 0.226 e. The minimum absolute atomic E-state index is 0.152. The average molecular weight is 324 g/mol. The molecule has 6 nitrogen and oxygen atoms in total. The zero-order valence-corrected chi connectivity index (χ0v) is 13.4. The van der Waals surface area contributed by atoms with Gasteiger partial charge in [0.1, 0.15) is 6.26 Å². The smallest absolute Gasteiger partial charge is 0.226 e. The van der Waals surface area contributed by atoms with E-state index in [9.17, 15) is 0 Å². The molecule has 1 aliphatic rings. The molecule has 1 atom stereocenters. The molecule has 1 aliphatic heterocycles. The summed E-state index contributed by atoms with van der Waals surface area (Å²) in [5.74, 6) is 0.673. The van der Waals surface area contributed by atoms with Gasteiger partial charge in [0.05, 0.1) is 24.9 Å². The number of morpholine rings is 1. The Hall–Kier alpha value is -2.44. The first-order chi connectivity index (χ1) is 11.9. The van der Waals surface area contributed by atoms with Crippen LogP contribution in [0.2, 0.25) is 0 Å². The largest absolute Gasteiger partial charge is 0.444 e. The second-order valence-corrected chi connectivity index (χ2v) is 5.97. The fourth-order valence-corrected chi connectivity index (χ4v) is 2.97. The summed E-state index contributed by atoms with van der Waals surface area (Å²) in [7, 11) is 0. The number of benzene rings is 1. The Morgan fingerprint density at radius 1 is 1.17 bits per heavy atom. The lowest BCUT2D eigenvalue weighted by Gasteiger charge is -2.32. The minimum Gasteiger partial charge on any atom is -0.444 e. The van der Waals surface area contributed by atoms with Crippen LogP contribution in [0, 0.1) is 0 Å². The Morgan fingerprint density at radius 3 is 2.92 bits per heavy atom. The molecule has 4 rings (SSSR count). The van der Waals surface area contributed by atoms with Crippen LogP contribution in [0.5, 0.6) is 0 Å². The zero-order chi connectivity index (χ0) is 16.2. The molecule has 1 saturated heterocycles. The summed E-state index contributed by atoms with van der Waals surface area (Å²) in [4.78, 5) is 6.96. The van der Waals surface area contributed by atoms with Crippen molar-refractivity contribution in [2.75, 3.05) is 19.7 Å². The van der Waals surface area contributed by atoms with Crippen molar-refractivity contribution < 1.29 is 9.15 Å². The van der Waals surface area contributed by atoms with Crippen molar-refractivity contribution in [3.05, 3.63) is 60.7 Å². The van der Waals surface area contributed by atoms with Crippen LogP contribution in [0.25, 0.3) is 11.5 Å². The highest BCUT2D eigenvalue weighted by molar-refractivity contribution is 5.52. The predicted octanol–water partition coefficient (Wildman–Crippen LogP) is 2.44. The number of rotatable bonds is 5. The summed E-state index contributed by atoms with van der Waals surface area (Å²) in [5.41, 5.74) is 1.95. The van der Waals surface area contributed by atoms with E-state index in [0.29, 0.717) is 5.89 Å². The first-order valence-electron chi connectivity index (χ1n) is 8.18. The molecule has 0 saturated carbocycles. The van der Waals surface area contributed by atoms with E-state index in [0.717, 1.165) is 44.0 Å². The van der Waals surface area contributed by atoms with Crippen LogP contribution in [-0.2, 0) is 17.8 Å². The van der Waals surface area contributed by atoms with Gasteiger partial charge in [0.25, 0.3) is 0 Å².